The number of hydrogen-bond donors (Lipinski definition) is 2. The number of nitrogens with zero attached hydrogens (tertiary/aromatic N) is 3. The summed E-state index contributed by atoms with van der Waals surface area (Å²) in [6.45, 7) is 1.65. The second-order valence-corrected chi connectivity index (χ2v) is 4.46. The van der Waals surface area contributed by atoms with Gasteiger partial charge in [-0.25, -0.2) is 4.52 Å². The average Bonchev–Trinajstić information content (AvgIpc) is 2.81. The lowest BCUT2D eigenvalue weighted by atomic mass is 10.3. The number of aromatic nitrogens is 3. The van der Waals surface area contributed by atoms with E-state index in [1.807, 2.05) is 0 Å². The van der Waals surface area contributed by atoms with E-state index in [1.54, 1.807) is 13.1 Å². The monoisotopic (exact) mass is 277 g/mol. The minimum Gasteiger partial charge on any atom is -0.358 e. The Kier molecular flexibility index (Phi) is 3.55. The Balaban J connectivity index is 2.33. The van der Waals surface area contributed by atoms with Gasteiger partial charge in [-0.1, -0.05) is 0 Å². The summed E-state index contributed by atoms with van der Waals surface area (Å²) in [5.74, 6) is -0.701. The molecule has 2 heterocycles. The van der Waals surface area contributed by atoms with Crippen LogP contribution in [0.3, 0.4) is 0 Å². The lowest BCUT2D eigenvalue weighted by Gasteiger charge is -2.14. The molecule has 2 aromatic heterocycles. The molecule has 8 heteroatoms. The molecular formula is C12H15N5O3. The molecule has 0 aliphatic carbocycles. The Morgan fingerprint density at radius 3 is 2.85 bits per heavy atom. The Morgan fingerprint density at radius 2 is 2.20 bits per heavy atom. The molecule has 0 atom stereocenters. The summed E-state index contributed by atoms with van der Waals surface area (Å²) in [7, 11) is 2.99. The number of aromatic amines is 1. The summed E-state index contributed by atoms with van der Waals surface area (Å²) in [4.78, 5) is 39.0. The highest BCUT2D eigenvalue weighted by Crippen LogP contribution is 2.05. The van der Waals surface area contributed by atoms with Crippen molar-refractivity contribution in [3.05, 3.63) is 34.0 Å². The zero-order chi connectivity index (χ0) is 14.9. The van der Waals surface area contributed by atoms with Gasteiger partial charge in [0.2, 0.25) is 5.91 Å². The van der Waals surface area contributed by atoms with Crippen molar-refractivity contribution in [3.63, 3.8) is 0 Å². The number of carbonyl (C=O) groups is 2. The van der Waals surface area contributed by atoms with Crippen molar-refractivity contribution in [2.24, 2.45) is 0 Å². The van der Waals surface area contributed by atoms with E-state index in [0.29, 0.717) is 5.69 Å². The van der Waals surface area contributed by atoms with Crippen molar-refractivity contribution in [2.75, 3.05) is 20.6 Å². The Morgan fingerprint density at radius 1 is 1.50 bits per heavy atom. The van der Waals surface area contributed by atoms with Crippen LogP contribution in [0.25, 0.3) is 5.52 Å². The SMILES string of the molecule is CNC(=O)CN(C)C(=O)c1cc2c(=O)[nH]c(C)cn2n1. The van der Waals surface area contributed by atoms with E-state index in [-0.39, 0.29) is 29.2 Å². The highest BCUT2D eigenvalue weighted by atomic mass is 16.2. The first-order valence-electron chi connectivity index (χ1n) is 5.97. The standard InChI is InChI=1S/C12H15N5O3/c1-7-5-17-9(11(19)14-7)4-8(15-17)12(20)16(3)6-10(18)13-2/h4-5H,6H2,1-3H3,(H,13,18)(H,14,19). The van der Waals surface area contributed by atoms with E-state index in [2.05, 4.69) is 15.4 Å². The summed E-state index contributed by atoms with van der Waals surface area (Å²) in [5, 5.41) is 6.49. The summed E-state index contributed by atoms with van der Waals surface area (Å²) in [6, 6.07) is 1.40. The van der Waals surface area contributed by atoms with Gasteiger partial charge in [-0.3, -0.25) is 14.4 Å². The maximum Gasteiger partial charge on any atom is 0.274 e. The van der Waals surface area contributed by atoms with Crippen LogP contribution < -0.4 is 10.9 Å². The average molecular weight is 277 g/mol. The van der Waals surface area contributed by atoms with Crippen LogP contribution in [0.4, 0.5) is 0 Å². The number of hydrogen-bond acceptors (Lipinski definition) is 4. The quantitative estimate of drug-likeness (QED) is 0.763. The van der Waals surface area contributed by atoms with E-state index < -0.39 is 5.91 Å². The van der Waals surface area contributed by atoms with Crippen molar-refractivity contribution >= 4 is 17.3 Å². The Labute approximate surface area is 114 Å². The van der Waals surface area contributed by atoms with Crippen molar-refractivity contribution in [3.8, 4) is 0 Å². The highest BCUT2D eigenvalue weighted by Gasteiger charge is 2.18. The van der Waals surface area contributed by atoms with Gasteiger partial charge in [0.15, 0.2) is 5.69 Å². The fourth-order valence-electron chi connectivity index (χ4n) is 1.79. The number of aryl methyl sites for hydroxylation is 1. The number of rotatable bonds is 3. The second-order valence-electron chi connectivity index (χ2n) is 4.46. The summed E-state index contributed by atoms with van der Waals surface area (Å²) < 4.78 is 1.36. The largest absolute Gasteiger partial charge is 0.358 e. The minimum absolute atomic E-state index is 0.0708. The molecule has 0 aliphatic heterocycles. The van der Waals surface area contributed by atoms with Crippen LogP contribution in [0.1, 0.15) is 16.2 Å². The predicted octanol–water partition coefficient (Wildman–Crippen LogP) is -0.851. The van der Waals surface area contributed by atoms with E-state index >= 15 is 0 Å². The van der Waals surface area contributed by atoms with Gasteiger partial charge < -0.3 is 15.2 Å². The molecule has 106 valence electrons. The first-order chi connectivity index (χ1) is 9.42. The molecular weight excluding hydrogens is 262 g/mol. The maximum atomic E-state index is 12.1. The summed E-state index contributed by atoms with van der Waals surface area (Å²) >= 11 is 0. The molecule has 0 aliphatic rings. The molecule has 0 bridgehead atoms. The van der Waals surface area contributed by atoms with Gasteiger partial charge in [0, 0.05) is 32.1 Å². The highest BCUT2D eigenvalue weighted by molar-refractivity contribution is 5.95. The molecule has 0 aromatic carbocycles. The number of H-pyrrole nitrogens is 1. The van der Waals surface area contributed by atoms with Gasteiger partial charge >= 0.3 is 0 Å². The Hall–Kier alpha value is -2.64. The zero-order valence-electron chi connectivity index (χ0n) is 11.4. The first-order valence-corrected chi connectivity index (χ1v) is 5.97. The van der Waals surface area contributed by atoms with Crippen LogP contribution in [0, 0.1) is 6.92 Å². The third kappa shape index (κ3) is 2.53. The van der Waals surface area contributed by atoms with Gasteiger partial charge in [-0.2, -0.15) is 5.10 Å². The molecule has 20 heavy (non-hydrogen) atoms. The van der Waals surface area contributed by atoms with Gasteiger partial charge in [-0.15, -0.1) is 0 Å². The van der Waals surface area contributed by atoms with E-state index in [4.69, 9.17) is 0 Å². The lowest BCUT2D eigenvalue weighted by molar-refractivity contribution is -0.121. The summed E-state index contributed by atoms with van der Waals surface area (Å²) in [6.07, 6.45) is 1.62. The van der Waals surface area contributed by atoms with Gasteiger partial charge in [-0.05, 0) is 6.92 Å². The molecule has 0 spiro atoms. The second kappa shape index (κ2) is 5.16. The smallest absolute Gasteiger partial charge is 0.274 e. The third-order valence-electron chi connectivity index (χ3n) is 2.82. The molecule has 2 N–H and O–H groups in total. The fourth-order valence-corrected chi connectivity index (χ4v) is 1.79. The lowest BCUT2D eigenvalue weighted by Crippen LogP contribution is -2.37. The number of fused-ring (bicyclic) bond motifs is 1. The summed E-state index contributed by atoms with van der Waals surface area (Å²) in [5.41, 5.74) is 0.730. The molecule has 2 amide bonds. The van der Waals surface area contributed by atoms with Crippen LogP contribution in [0.15, 0.2) is 17.1 Å². The van der Waals surface area contributed by atoms with Crippen molar-refractivity contribution in [1.82, 2.24) is 24.8 Å². The van der Waals surface area contributed by atoms with Gasteiger partial charge in [0.05, 0.1) is 6.54 Å². The molecule has 0 radical (unpaired) electrons. The minimum atomic E-state index is -0.422. The fraction of sp³-hybridized carbons (Fsp3) is 0.333. The van der Waals surface area contributed by atoms with E-state index in [1.165, 1.54) is 29.6 Å². The van der Waals surface area contributed by atoms with Gasteiger partial charge in [0.25, 0.3) is 11.5 Å². The molecule has 0 saturated heterocycles. The van der Waals surface area contributed by atoms with Crippen molar-refractivity contribution < 1.29 is 9.59 Å². The number of carbonyl (C=O) groups excluding carboxylic acids is 2. The molecule has 2 rings (SSSR count). The normalized spacial score (nSPS) is 10.6. The molecule has 8 nitrogen and oxygen atoms in total. The predicted molar refractivity (Wildman–Crippen MR) is 71.6 cm³/mol. The molecule has 0 saturated carbocycles. The Bertz CT molecular complexity index is 730. The third-order valence-corrected chi connectivity index (χ3v) is 2.82. The van der Waals surface area contributed by atoms with Crippen LogP contribution in [-0.4, -0.2) is 52.0 Å². The van der Waals surface area contributed by atoms with Crippen LogP contribution in [0.2, 0.25) is 0 Å². The van der Waals surface area contributed by atoms with Gasteiger partial charge in [0.1, 0.15) is 5.52 Å². The maximum absolute atomic E-state index is 12.1. The van der Waals surface area contributed by atoms with Crippen molar-refractivity contribution in [2.45, 2.75) is 6.92 Å². The van der Waals surface area contributed by atoms with Crippen LogP contribution in [0.5, 0.6) is 0 Å². The zero-order valence-corrected chi connectivity index (χ0v) is 11.4. The molecule has 0 fully saturated rings. The molecule has 2 aromatic rings. The molecule has 0 unspecified atom stereocenters. The number of amides is 2. The van der Waals surface area contributed by atoms with Crippen LogP contribution >= 0.6 is 0 Å². The number of nitrogens with one attached hydrogen (secondary N) is 2. The first kappa shape index (κ1) is 13.8. The number of likely N-dealkylation sites (N-methyl/N-ethyl adjacent to an activating group) is 2. The topological polar surface area (TPSA) is 99.6 Å². The van der Waals surface area contributed by atoms with E-state index in [0.717, 1.165) is 0 Å². The van der Waals surface area contributed by atoms with Crippen LogP contribution in [-0.2, 0) is 4.79 Å². The van der Waals surface area contributed by atoms with E-state index in [9.17, 15) is 14.4 Å². The van der Waals surface area contributed by atoms with Crippen molar-refractivity contribution in [1.29, 1.82) is 0 Å².